The largest absolute Gasteiger partial charge is 0.493 e. The van der Waals surface area contributed by atoms with Crippen LogP contribution in [-0.2, 0) is 9.59 Å². The average Bonchev–Trinajstić information content (AvgIpc) is 2.58. The number of ether oxygens (including phenoxy) is 2. The fraction of sp³-hybridized carbons (Fsp3) is 0.278. The summed E-state index contributed by atoms with van der Waals surface area (Å²) in [6.45, 7) is 7.22. The number of amides is 1. The highest BCUT2D eigenvalue weighted by Crippen LogP contribution is 2.29. The van der Waals surface area contributed by atoms with E-state index in [1.807, 2.05) is 6.07 Å². The van der Waals surface area contributed by atoms with Crippen molar-refractivity contribution in [3.8, 4) is 17.6 Å². The predicted octanol–water partition coefficient (Wildman–Crippen LogP) is 2.47. The number of benzene rings is 1. The minimum atomic E-state index is -0.494. The highest BCUT2D eigenvalue weighted by Gasteiger charge is 2.14. The fourth-order valence-electron chi connectivity index (χ4n) is 1.66. The first-order valence-electron chi connectivity index (χ1n) is 7.33. The van der Waals surface area contributed by atoms with Crippen molar-refractivity contribution in [2.24, 2.45) is 5.92 Å². The van der Waals surface area contributed by atoms with Crippen LogP contribution < -0.4 is 14.8 Å². The normalized spacial score (nSPS) is 10.7. The lowest BCUT2D eigenvalue weighted by Crippen LogP contribution is -2.24. The SMILES string of the molecule is C=CCNC(=O)C(C#N)=Cc1ccc(OC(=O)C(C)C)c(OC)c1. The van der Waals surface area contributed by atoms with Gasteiger partial charge in [0.25, 0.3) is 5.91 Å². The number of carbonyl (C=O) groups is 2. The second kappa shape index (κ2) is 9.16. The van der Waals surface area contributed by atoms with Gasteiger partial charge in [-0.15, -0.1) is 6.58 Å². The Bertz CT molecular complexity index is 699. The standard InChI is InChI=1S/C18H20N2O4/c1-5-8-20-17(21)14(11-19)9-13-6-7-15(16(10-13)23-4)24-18(22)12(2)3/h5-7,9-10,12H,1,8H2,2-4H3,(H,20,21). The smallest absolute Gasteiger partial charge is 0.313 e. The van der Waals surface area contributed by atoms with E-state index in [-0.39, 0.29) is 29.8 Å². The van der Waals surface area contributed by atoms with Gasteiger partial charge in [-0.25, -0.2) is 0 Å². The molecule has 0 spiro atoms. The van der Waals surface area contributed by atoms with E-state index >= 15 is 0 Å². The topological polar surface area (TPSA) is 88.4 Å². The van der Waals surface area contributed by atoms with Crippen LogP contribution in [-0.4, -0.2) is 25.5 Å². The van der Waals surface area contributed by atoms with Crippen LogP contribution in [0.2, 0.25) is 0 Å². The van der Waals surface area contributed by atoms with Gasteiger partial charge in [-0.05, 0) is 23.8 Å². The molecule has 1 rings (SSSR count). The van der Waals surface area contributed by atoms with Crippen molar-refractivity contribution < 1.29 is 19.1 Å². The third-order valence-corrected chi connectivity index (χ3v) is 2.95. The fourth-order valence-corrected chi connectivity index (χ4v) is 1.66. The second-order valence-corrected chi connectivity index (χ2v) is 5.15. The van der Waals surface area contributed by atoms with Crippen LogP contribution in [0.15, 0.2) is 36.4 Å². The molecular formula is C18H20N2O4. The van der Waals surface area contributed by atoms with Crippen LogP contribution in [0.5, 0.6) is 11.5 Å². The molecule has 0 bridgehead atoms. The maximum atomic E-state index is 11.8. The minimum Gasteiger partial charge on any atom is -0.493 e. The molecule has 1 aromatic rings. The molecule has 1 N–H and O–H groups in total. The van der Waals surface area contributed by atoms with Crippen molar-refractivity contribution in [2.75, 3.05) is 13.7 Å². The predicted molar refractivity (Wildman–Crippen MR) is 90.3 cm³/mol. The van der Waals surface area contributed by atoms with Crippen molar-refractivity contribution in [3.63, 3.8) is 0 Å². The van der Waals surface area contributed by atoms with Crippen molar-refractivity contribution in [2.45, 2.75) is 13.8 Å². The Hall–Kier alpha value is -3.07. The van der Waals surface area contributed by atoms with Crippen LogP contribution >= 0.6 is 0 Å². The molecule has 0 aliphatic rings. The molecule has 6 heteroatoms. The molecule has 0 aliphatic carbocycles. The molecule has 1 aromatic carbocycles. The van der Waals surface area contributed by atoms with Crippen molar-refractivity contribution in [1.29, 1.82) is 5.26 Å². The maximum absolute atomic E-state index is 11.8. The summed E-state index contributed by atoms with van der Waals surface area (Å²) in [5.41, 5.74) is 0.521. The van der Waals surface area contributed by atoms with Crippen LogP contribution in [0.4, 0.5) is 0 Å². The number of nitrogens with one attached hydrogen (secondary N) is 1. The van der Waals surface area contributed by atoms with Crippen LogP contribution in [0.1, 0.15) is 19.4 Å². The molecule has 24 heavy (non-hydrogen) atoms. The van der Waals surface area contributed by atoms with Gasteiger partial charge in [-0.1, -0.05) is 26.0 Å². The van der Waals surface area contributed by atoms with Gasteiger partial charge in [0.2, 0.25) is 0 Å². The number of nitrogens with zero attached hydrogens (tertiary/aromatic N) is 1. The number of esters is 1. The lowest BCUT2D eigenvalue weighted by Gasteiger charge is -2.11. The first-order chi connectivity index (χ1) is 11.4. The molecule has 126 valence electrons. The van der Waals surface area contributed by atoms with Gasteiger partial charge < -0.3 is 14.8 Å². The summed E-state index contributed by atoms with van der Waals surface area (Å²) in [5, 5.41) is 11.6. The average molecular weight is 328 g/mol. The minimum absolute atomic E-state index is 0.0502. The van der Waals surface area contributed by atoms with E-state index in [0.717, 1.165) is 0 Å². The van der Waals surface area contributed by atoms with E-state index in [2.05, 4.69) is 11.9 Å². The summed E-state index contributed by atoms with van der Waals surface area (Å²) in [4.78, 5) is 23.5. The van der Waals surface area contributed by atoms with E-state index in [4.69, 9.17) is 14.7 Å². The van der Waals surface area contributed by atoms with Crippen LogP contribution in [0.25, 0.3) is 6.08 Å². The van der Waals surface area contributed by atoms with Gasteiger partial charge in [0.05, 0.1) is 13.0 Å². The number of rotatable bonds is 7. The van der Waals surface area contributed by atoms with Gasteiger partial charge in [0, 0.05) is 6.54 Å². The van der Waals surface area contributed by atoms with Crippen molar-refractivity contribution in [1.82, 2.24) is 5.32 Å². The van der Waals surface area contributed by atoms with E-state index in [1.54, 1.807) is 32.0 Å². The molecule has 0 saturated carbocycles. The maximum Gasteiger partial charge on any atom is 0.313 e. The summed E-state index contributed by atoms with van der Waals surface area (Å²) in [5.74, 6) is -0.526. The number of hydrogen-bond donors (Lipinski definition) is 1. The Morgan fingerprint density at radius 2 is 2.08 bits per heavy atom. The zero-order valence-electron chi connectivity index (χ0n) is 14.0. The number of carbonyl (C=O) groups excluding carboxylic acids is 2. The summed E-state index contributed by atoms with van der Waals surface area (Å²) in [7, 11) is 1.44. The number of methoxy groups -OCH3 is 1. The zero-order valence-corrected chi connectivity index (χ0v) is 14.0. The van der Waals surface area contributed by atoms with Gasteiger partial charge in [-0.3, -0.25) is 9.59 Å². The number of nitriles is 1. The molecule has 0 saturated heterocycles. The van der Waals surface area contributed by atoms with Crippen LogP contribution in [0.3, 0.4) is 0 Å². The molecule has 0 unspecified atom stereocenters. The summed E-state index contributed by atoms with van der Waals surface area (Å²) in [6.07, 6.45) is 2.95. The van der Waals surface area contributed by atoms with E-state index < -0.39 is 5.91 Å². The van der Waals surface area contributed by atoms with Gasteiger partial charge in [0.1, 0.15) is 11.6 Å². The van der Waals surface area contributed by atoms with Gasteiger partial charge >= 0.3 is 5.97 Å². The van der Waals surface area contributed by atoms with Gasteiger partial charge in [0.15, 0.2) is 11.5 Å². The Balaban J connectivity index is 3.07. The summed E-state index contributed by atoms with van der Waals surface area (Å²) in [6, 6.07) is 6.62. The Morgan fingerprint density at radius 1 is 1.38 bits per heavy atom. The Labute approximate surface area is 141 Å². The third kappa shape index (κ3) is 5.29. The van der Waals surface area contributed by atoms with Crippen molar-refractivity contribution >= 4 is 18.0 Å². The molecule has 0 fully saturated rings. The second-order valence-electron chi connectivity index (χ2n) is 5.15. The molecule has 1 amide bonds. The highest BCUT2D eigenvalue weighted by atomic mass is 16.6. The van der Waals surface area contributed by atoms with E-state index in [0.29, 0.717) is 11.3 Å². The molecule has 0 heterocycles. The lowest BCUT2D eigenvalue weighted by atomic mass is 10.1. The number of hydrogen-bond acceptors (Lipinski definition) is 5. The molecule has 0 radical (unpaired) electrons. The summed E-state index contributed by atoms with van der Waals surface area (Å²) < 4.78 is 10.4. The van der Waals surface area contributed by atoms with E-state index in [1.165, 1.54) is 19.3 Å². The Kier molecular flexibility index (Phi) is 7.24. The zero-order chi connectivity index (χ0) is 18.1. The first-order valence-corrected chi connectivity index (χ1v) is 7.33. The van der Waals surface area contributed by atoms with Crippen LogP contribution in [0, 0.1) is 17.2 Å². The molecule has 6 nitrogen and oxygen atoms in total. The van der Waals surface area contributed by atoms with E-state index in [9.17, 15) is 9.59 Å². The lowest BCUT2D eigenvalue weighted by molar-refractivity contribution is -0.137. The van der Waals surface area contributed by atoms with Crippen molar-refractivity contribution in [3.05, 3.63) is 42.0 Å². The molecule has 0 atom stereocenters. The first kappa shape index (κ1) is 19.0. The summed E-state index contributed by atoms with van der Waals surface area (Å²) >= 11 is 0. The van der Waals surface area contributed by atoms with Gasteiger partial charge in [-0.2, -0.15) is 5.26 Å². The Morgan fingerprint density at radius 3 is 2.62 bits per heavy atom. The molecule has 0 aliphatic heterocycles. The molecular weight excluding hydrogens is 308 g/mol. The third-order valence-electron chi connectivity index (χ3n) is 2.95. The monoisotopic (exact) mass is 328 g/mol. The highest BCUT2D eigenvalue weighted by molar-refractivity contribution is 6.01. The molecule has 0 aromatic heterocycles. The quantitative estimate of drug-likeness (QED) is 0.273.